The summed E-state index contributed by atoms with van der Waals surface area (Å²) in [6, 6.07) is 3.44. The normalized spacial score (nSPS) is 10.7. The van der Waals surface area contributed by atoms with Gasteiger partial charge in [0.1, 0.15) is 5.75 Å². The quantitative estimate of drug-likeness (QED) is 0.799. The lowest BCUT2D eigenvalue weighted by atomic mass is 10.1. The van der Waals surface area contributed by atoms with Crippen molar-refractivity contribution in [1.29, 1.82) is 0 Å². The van der Waals surface area contributed by atoms with Crippen molar-refractivity contribution in [3.05, 3.63) is 26.6 Å². The van der Waals surface area contributed by atoms with E-state index < -0.39 is 6.61 Å². The molecule has 0 saturated carbocycles. The van der Waals surface area contributed by atoms with Gasteiger partial charge in [-0.1, -0.05) is 22.9 Å². The Kier molecular flexibility index (Phi) is 4.31. The molecule has 0 unspecified atom stereocenters. The second-order valence-electron chi connectivity index (χ2n) is 2.61. The van der Waals surface area contributed by atoms with Crippen LogP contribution in [0.1, 0.15) is 12.5 Å². The van der Waals surface area contributed by atoms with E-state index in [9.17, 15) is 8.78 Å². The van der Waals surface area contributed by atoms with Crippen molar-refractivity contribution in [2.75, 3.05) is 0 Å². The summed E-state index contributed by atoms with van der Waals surface area (Å²) in [5.41, 5.74) is 0.742. The summed E-state index contributed by atoms with van der Waals surface area (Å²) in [6.45, 7) is -0.912. The molecule has 14 heavy (non-hydrogen) atoms. The number of rotatable bonds is 3. The topological polar surface area (TPSA) is 9.23 Å². The van der Waals surface area contributed by atoms with Crippen LogP contribution in [0.4, 0.5) is 8.78 Å². The highest BCUT2D eigenvalue weighted by Crippen LogP contribution is 2.34. The number of ether oxygens (including phenoxy) is 1. The second kappa shape index (κ2) is 5.07. The standard InChI is InChI=1S/C9H8Br2F2O/c1-2-5-3-6(10)4-7(11)8(5)14-9(12)13/h3-4,9H,2H2,1H3. The van der Waals surface area contributed by atoms with E-state index >= 15 is 0 Å². The van der Waals surface area contributed by atoms with Crippen LogP contribution < -0.4 is 4.74 Å². The summed E-state index contributed by atoms with van der Waals surface area (Å²) in [5, 5.41) is 0. The summed E-state index contributed by atoms with van der Waals surface area (Å²) in [6.07, 6.45) is 0.639. The Morgan fingerprint density at radius 3 is 2.50 bits per heavy atom. The molecular weight excluding hydrogens is 322 g/mol. The zero-order valence-electron chi connectivity index (χ0n) is 7.36. The Bertz CT molecular complexity index is 329. The fourth-order valence-electron chi connectivity index (χ4n) is 1.10. The van der Waals surface area contributed by atoms with Crippen LogP contribution in [0.5, 0.6) is 5.75 Å². The Balaban J connectivity index is 3.11. The molecule has 0 aliphatic rings. The molecule has 0 amide bonds. The maximum Gasteiger partial charge on any atom is 0.387 e. The summed E-state index contributed by atoms with van der Waals surface area (Å²) >= 11 is 6.46. The summed E-state index contributed by atoms with van der Waals surface area (Å²) in [7, 11) is 0. The first-order chi connectivity index (χ1) is 6.54. The van der Waals surface area contributed by atoms with Gasteiger partial charge in [0.15, 0.2) is 0 Å². The predicted octanol–water partition coefficient (Wildman–Crippen LogP) is 4.38. The maximum atomic E-state index is 12.1. The predicted molar refractivity (Wildman–Crippen MR) is 57.9 cm³/mol. The molecule has 0 radical (unpaired) electrons. The molecule has 0 aliphatic heterocycles. The van der Waals surface area contributed by atoms with Gasteiger partial charge in [-0.3, -0.25) is 0 Å². The molecule has 0 bridgehead atoms. The van der Waals surface area contributed by atoms with Crippen LogP contribution in [0.15, 0.2) is 21.1 Å². The van der Waals surface area contributed by atoms with E-state index in [1.54, 1.807) is 12.1 Å². The molecule has 1 rings (SSSR count). The van der Waals surface area contributed by atoms with Gasteiger partial charge in [0.2, 0.25) is 0 Å². The molecule has 1 aromatic rings. The first-order valence-electron chi connectivity index (χ1n) is 3.97. The van der Waals surface area contributed by atoms with E-state index in [1.807, 2.05) is 6.92 Å². The van der Waals surface area contributed by atoms with E-state index in [4.69, 9.17) is 0 Å². The van der Waals surface area contributed by atoms with Crippen molar-refractivity contribution < 1.29 is 13.5 Å². The van der Waals surface area contributed by atoms with Gasteiger partial charge in [0.25, 0.3) is 0 Å². The SMILES string of the molecule is CCc1cc(Br)cc(Br)c1OC(F)F. The molecule has 5 heteroatoms. The highest BCUT2D eigenvalue weighted by atomic mass is 79.9. The Hall–Kier alpha value is -0.160. The highest BCUT2D eigenvalue weighted by molar-refractivity contribution is 9.11. The van der Waals surface area contributed by atoms with Crippen molar-refractivity contribution in [3.63, 3.8) is 0 Å². The van der Waals surface area contributed by atoms with Gasteiger partial charge in [-0.2, -0.15) is 8.78 Å². The van der Waals surface area contributed by atoms with Gasteiger partial charge >= 0.3 is 6.61 Å². The van der Waals surface area contributed by atoms with Gasteiger partial charge in [-0.25, -0.2) is 0 Å². The molecule has 0 aliphatic carbocycles. The van der Waals surface area contributed by atoms with E-state index in [1.165, 1.54) is 0 Å². The number of hydrogen-bond acceptors (Lipinski definition) is 1. The molecule has 0 heterocycles. The molecule has 0 saturated heterocycles. The Labute approximate surface area is 97.7 Å². The zero-order valence-corrected chi connectivity index (χ0v) is 10.5. The third-order valence-corrected chi connectivity index (χ3v) is 2.72. The van der Waals surface area contributed by atoms with Crippen molar-refractivity contribution in [2.24, 2.45) is 0 Å². The average Bonchev–Trinajstić information content (AvgIpc) is 2.08. The van der Waals surface area contributed by atoms with Crippen LogP contribution in [0.2, 0.25) is 0 Å². The monoisotopic (exact) mass is 328 g/mol. The average molecular weight is 330 g/mol. The molecular formula is C9H8Br2F2O. The minimum Gasteiger partial charge on any atom is -0.433 e. The third-order valence-electron chi connectivity index (χ3n) is 1.67. The summed E-state index contributed by atoms with van der Waals surface area (Å²) in [4.78, 5) is 0. The number of halogens is 4. The lowest BCUT2D eigenvalue weighted by Gasteiger charge is -2.11. The van der Waals surface area contributed by atoms with Crippen LogP contribution in [-0.4, -0.2) is 6.61 Å². The van der Waals surface area contributed by atoms with Gasteiger partial charge in [-0.15, -0.1) is 0 Å². The van der Waals surface area contributed by atoms with Crippen LogP contribution in [0.3, 0.4) is 0 Å². The number of hydrogen-bond donors (Lipinski definition) is 0. The number of benzene rings is 1. The number of alkyl halides is 2. The van der Waals surface area contributed by atoms with Gasteiger partial charge < -0.3 is 4.74 Å². The fourth-order valence-corrected chi connectivity index (χ4v) is 2.50. The van der Waals surface area contributed by atoms with E-state index in [-0.39, 0.29) is 5.75 Å². The Morgan fingerprint density at radius 2 is 2.00 bits per heavy atom. The first-order valence-corrected chi connectivity index (χ1v) is 5.56. The Morgan fingerprint density at radius 1 is 1.36 bits per heavy atom. The lowest BCUT2D eigenvalue weighted by molar-refractivity contribution is -0.0509. The van der Waals surface area contributed by atoms with Gasteiger partial charge in [0.05, 0.1) is 4.47 Å². The lowest BCUT2D eigenvalue weighted by Crippen LogP contribution is -2.05. The maximum absolute atomic E-state index is 12.1. The molecule has 78 valence electrons. The second-order valence-corrected chi connectivity index (χ2v) is 4.38. The van der Waals surface area contributed by atoms with Crippen molar-refractivity contribution in [3.8, 4) is 5.75 Å². The van der Waals surface area contributed by atoms with E-state index in [0.717, 1.165) is 10.0 Å². The molecule has 1 nitrogen and oxygen atoms in total. The molecule has 0 atom stereocenters. The van der Waals surface area contributed by atoms with Crippen molar-refractivity contribution in [2.45, 2.75) is 20.0 Å². The fraction of sp³-hybridized carbons (Fsp3) is 0.333. The smallest absolute Gasteiger partial charge is 0.387 e. The van der Waals surface area contributed by atoms with Gasteiger partial charge in [0, 0.05) is 4.47 Å². The summed E-state index contributed by atoms with van der Waals surface area (Å²) < 4.78 is 29.9. The van der Waals surface area contributed by atoms with Crippen molar-refractivity contribution in [1.82, 2.24) is 0 Å². The van der Waals surface area contributed by atoms with Crippen molar-refractivity contribution >= 4 is 31.9 Å². The molecule has 0 aromatic heterocycles. The highest BCUT2D eigenvalue weighted by Gasteiger charge is 2.13. The minimum absolute atomic E-state index is 0.214. The van der Waals surface area contributed by atoms with Crippen LogP contribution in [0.25, 0.3) is 0 Å². The number of aryl methyl sites for hydroxylation is 1. The molecule has 0 spiro atoms. The summed E-state index contributed by atoms with van der Waals surface area (Å²) in [5.74, 6) is 0.214. The third kappa shape index (κ3) is 2.92. The first kappa shape index (κ1) is 11.9. The molecule has 1 aromatic carbocycles. The van der Waals surface area contributed by atoms with E-state index in [0.29, 0.717) is 10.9 Å². The van der Waals surface area contributed by atoms with Gasteiger partial charge in [-0.05, 0) is 40.0 Å². The largest absolute Gasteiger partial charge is 0.433 e. The molecule has 0 N–H and O–H groups in total. The van der Waals surface area contributed by atoms with E-state index in [2.05, 4.69) is 36.6 Å². The van der Waals surface area contributed by atoms with Crippen LogP contribution in [0, 0.1) is 0 Å². The minimum atomic E-state index is -2.79. The molecule has 0 fully saturated rings. The zero-order chi connectivity index (χ0) is 10.7. The van der Waals surface area contributed by atoms with Crippen LogP contribution >= 0.6 is 31.9 Å². The van der Waals surface area contributed by atoms with Crippen LogP contribution in [-0.2, 0) is 6.42 Å².